The molecular weight excluding hydrogens is 528 g/mol. The maximum absolute atomic E-state index is 13.8. The normalized spacial score (nSPS) is 14.3. The summed E-state index contributed by atoms with van der Waals surface area (Å²) < 4.78 is 12.7. The van der Waals surface area contributed by atoms with Crippen molar-refractivity contribution in [3.63, 3.8) is 0 Å². The van der Waals surface area contributed by atoms with Crippen molar-refractivity contribution < 1.29 is 19.1 Å². The highest BCUT2D eigenvalue weighted by molar-refractivity contribution is 6.19. The predicted molar refractivity (Wildman–Crippen MR) is 160 cm³/mol. The number of hydrogen-bond donors (Lipinski definition) is 0. The number of nitriles is 1. The summed E-state index contributed by atoms with van der Waals surface area (Å²) in [5, 5.41) is 14.8. The number of imide groups is 1. The maximum atomic E-state index is 13.8. The molecule has 1 aromatic heterocycles. The molecule has 0 radical (unpaired) electrons. The van der Waals surface area contributed by atoms with E-state index in [2.05, 4.69) is 6.92 Å². The van der Waals surface area contributed by atoms with Gasteiger partial charge in [0.1, 0.15) is 23.1 Å². The van der Waals surface area contributed by atoms with E-state index in [4.69, 9.17) is 14.6 Å². The van der Waals surface area contributed by atoms with Crippen LogP contribution in [0, 0.1) is 11.3 Å². The second-order valence-electron chi connectivity index (χ2n) is 9.80. The van der Waals surface area contributed by atoms with E-state index in [1.807, 2.05) is 66.9 Å². The van der Waals surface area contributed by atoms with Gasteiger partial charge < -0.3 is 9.47 Å². The third-order valence-corrected chi connectivity index (χ3v) is 6.99. The molecule has 210 valence electrons. The molecule has 0 saturated carbocycles. The molecule has 0 unspecified atom stereocenters. The van der Waals surface area contributed by atoms with Crippen LogP contribution < -0.4 is 9.47 Å². The molecule has 42 heavy (non-hydrogen) atoms. The third kappa shape index (κ3) is 5.72. The molecule has 5 rings (SSSR count). The molecule has 0 atom stereocenters. The average Bonchev–Trinajstić information content (AvgIpc) is 3.45. The van der Waals surface area contributed by atoms with Gasteiger partial charge in [-0.1, -0.05) is 37.3 Å². The Hall–Kier alpha value is -5.42. The Labute approximate surface area is 244 Å². The van der Waals surface area contributed by atoms with Gasteiger partial charge in [-0.2, -0.15) is 10.4 Å². The number of hydrogen-bond acceptors (Lipinski definition) is 6. The highest BCUT2D eigenvalue weighted by Gasteiger charge is 2.35. The second-order valence-corrected chi connectivity index (χ2v) is 9.80. The van der Waals surface area contributed by atoms with Crippen LogP contribution in [0.25, 0.3) is 23.0 Å². The molecule has 8 nitrogen and oxygen atoms in total. The number of para-hydroxylation sites is 1. The van der Waals surface area contributed by atoms with Crippen molar-refractivity contribution in [3.8, 4) is 34.5 Å². The number of aromatic nitrogens is 2. The van der Waals surface area contributed by atoms with Crippen LogP contribution in [0.2, 0.25) is 0 Å². The Morgan fingerprint density at radius 2 is 1.62 bits per heavy atom. The van der Waals surface area contributed by atoms with Gasteiger partial charge in [0.05, 0.1) is 31.6 Å². The summed E-state index contributed by atoms with van der Waals surface area (Å²) in [5.41, 5.74) is 4.25. The van der Waals surface area contributed by atoms with Crippen LogP contribution >= 0.6 is 0 Å². The number of carbonyl (C=O) groups excluding carboxylic acids is 2. The summed E-state index contributed by atoms with van der Waals surface area (Å²) in [4.78, 5) is 28.2. The van der Waals surface area contributed by atoms with Crippen LogP contribution in [0.4, 0.5) is 0 Å². The number of benzene rings is 3. The van der Waals surface area contributed by atoms with Crippen LogP contribution in [0.3, 0.4) is 0 Å². The van der Waals surface area contributed by atoms with Crippen molar-refractivity contribution in [2.45, 2.75) is 26.8 Å². The van der Waals surface area contributed by atoms with E-state index < -0.39 is 11.8 Å². The monoisotopic (exact) mass is 558 g/mol. The van der Waals surface area contributed by atoms with Crippen LogP contribution in [-0.2, 0) is 16.1 Å². The Morgan fingerprint density at radius 3 is 2.26 bits per heavy atom. The highest BCUT2D eigenvalue weighted by Crippen LogP contribution is 2.32. The molecule has 1 aliphatic rings. The summed E-state index contributed by atoms with van der Waals surface area (Å²) in [6.45, 7) is 4.33. The Morgan fingerprint density at radius 1 is 0.929 bits per heavy atom. The van der Waals surface area contributed by atoms with E-state index in [1.165, 1.54) is 0 Å². The van der Waals surface area contributed by atoms with Crippen molar-refractivity contribution in [2.75, 3.05) is 13.7 Å². The maximum Gasteiger partial charge on any atom is 0.271 e. The minimum atomic E-state index is -0.615. The van der Waals surface area contributed by atoms with E-state index in [0.717, 1.165) is 33.9 Å². The minimum Gasteiger partial charge on any atom is -0.497 e. The highest BCUT2D eigenvalue weighted by atomic mass is 16.5. The quantitative estimate of drug-likeness (QED) is 0.181. The molecule has 8 heteroatoms. The molecule has 1 aliphatic heterocycles. The van der Waals surface area contributed by atoms with Gasteiger partial charge in [0.2, 0.25) is 0 Å². The van der Waals surface area contributed by atoms with Gasteiger partial charge in [0.25, 0.3) is 11.8 Å². The van der Waals surface area contributed by atoms with E-state index in [9.17, 15) is 14.9 Å². The number of rotatable bonds is 9. The van der Waals surface area contributed by atoms with Gasteiger partial charge in [0, 0.05) is 22.9 Å². The number of carbonyl (C=O) groups is 2. The lowest BCUT2D eigenvalue weighted by Crippen LogP contribution is -2.42. The number of ether oxygens (including phenoxy) is 2. The fourth-order valence-electron chi connectivity index (χ4n) is 4.70. The number of amides is 2. The van der Waals surface area contributed by atoms with Crippen LogP contribution in [0.1, 0.15) is 31.4 Å². The predicted octanol–water partition coefficient (Wildman–Crippen LogP) is 6.13. The SMILES string of the molecule is CCCOc1ccc(-c2nn(-c3ccccc3)cc2/C=C2/C(=O)N(Cc3ccc(OC)cc3)C(=O)C(C#N)=C2C)cc1. The Kier molecular flexibility index (Phi) is 8.30. The molecule has 2 heterocycles. The van der Waals surface area contributed by atoms with Crippen LogP contribution in [0.5, 0.6) is 11.5 Å². The first kappa shape index (κ1) is 28.1. The first-order valence-corrected chi connectivity index (χ1v) is 13.6. The standard InChI is InChI=1S/C34H30N4O4/c1-4-18-42-29-16-12-25(13-17-29)32-26(22-38(36-32)27-8-6-5-7-9-27)19-30-23(2)31(20-35)34(40)37(33(30)39)21-24-10-14-28(41-3)15-11-24/h5-17,19,22H,4,18,21H2,1-3H3/b30-19+. The van der Waals surface area contributed by atoms with Gasteiger partial charge in [-0.3, -0.25) is 14.5 Å². The van der Waals surface area contributed by atoms with Crippen LogP contribution in [-0.4, -0.2) is 40.2 Å². The molecule has 4 aromatic rings. The topological polar surface area (TPSA) is 97.4 Å². The Bertz CT molecular complexity index is 1710. The lowest BCUT2D eigenvalue weighted by atomic mass is 9.93. The fourth-order valence-corrected chi connectivity index (χ4v) is 4.70. The van der Waals surface area contributed by atoms with Gasteiger partial charge in [0.15, 0.2) is 0 Å². The summed E-state index contributed by atoms with van der Waals surface area (Å²) in [7, 11) is 1.57. The van der Waals surface area contributed by atoms with E-state index in [0.29, 0.717) is 29.2 Å². The van der Waals surface area contributed by atoms with E-state index >= 15 is 0 Å². The molecular formula is C34H30N4O4. The first-order chi connectivity index (χ1) is 20.4. The lowest BCUT2D eigenvalue weighted by molar-refractivity contribution is -0.141. The largest absolute Gasteiger partial charge is 0.497 e. The third-order valence-electron chi connectivity index (χ3n) is 6.99. The summed E-state index contributed by atoms with van der Waals surface area (Å²) in [6.07, 6.45) is 4.46. The second kappa shape index (κ2) is 12.4. The van der Waals surface area contributed by atoms with Gasteiger partial charge in [-0.15, -0.1) is 0 Å². The Balaban J connectivity index is 1.59. The van der Waals surface area contributed by atoms with Gasteiger partial charge in [-0.25, -0.2) is 4.68 Å². The number of methoxy groups -OCH3 is 1. The molecule has 0 aliphatic carbocycles. The average molecular weight is 559 g/mol. The zero-order valence-corrected chi connectivity index (χ0v) is 23.7. The minimum absolute atomic E-state index is 0.0207. The zero-order chi connectivity index (χ0) is 29.6. The van der Waals surface area contributed by atoms with Crippen molar-refractivity contribution in [1.82, 2.24) is 14.7 Å². The van der Waals surface area contributed by atoms with Crippen molar-refractivity contribution in [3.05, 3.63) is 113 Å². The summed E-state index contributed by atoms with van der Waals surface area (Å²) >= 11 is 0. The van der Waals surface area contributed by atoms with Crippen molar-refractivity contribution in [2.24, 2.45) is 0 Å². The summed E-state index contributed by atoms with van der Waals surface area (Å²) in [5.74, 6) is 0.331. The van der Waals surface area contributed by atoms with Crippen molar-refractivity contribution >= 4 is 17.9 Å². The summed E-state index contributed by atoms with van der Waals surface area (Å²) in [6, 6.07) is 26.4. The van der Waals surface area contributed by atoms with Crippen molar-refractivity contribution in [1.29, 1.82) is 5.26 Å². The fraction of sp³-hybridized carbons (Fsp3) is 0.176. The molecule has 2 amide bonds. The van der Waals surface area contributed by atoms with E-state index in [-0.39, 0.29) is 17.7 Å². The molecule has 0 saturated heterocycles. The zero-order valence-electron chi connectivity index (χ0n) is 23.7. The van der Waals surface area contributed by atoms with Gasteiger partial charge >= 0.3 is 0 Å². The van der Waals surface area contributed by atoms with Crippen LogP contribution in [0.15, 0.2) is 102 Å². The smallest absolute Gasteiger partial charge is 0.271 e. The molecule has 0 spiro atoms. The van der Waals surface area contributed by atoms with E-state index in [1.54, 1.807) is 49.1 Å². The number of nitrogens with zero attached hydrogens (tertiary/aromatic N) is 4. The molecule has 0 N–H and O–H groups in total. The van der Waals surface area contributed by atoms with Gasteiger partial charge in [-0.05, 0) is 79.1 Å². The molecule has 0 fully saturated rings. The first-order valence-electron chi connectivity index (χ1n) is 13.6. The molecule has 3 aromatic carbocycles. The molecule has 0 bridgehead atoms. The lowest BCUT2D eigenvalue weighted by Gasteiger charge is -2.27.